The molecule has 0 aromatic heterocycles. The topological polar surface area (TPSA) is 46.5 Å². The first-order chi connectivity index (χ1) is 10.0. The van der Waals surface area contributed by atoms with Gasteiger partial charge in [-0.25, -0.2) is 9.18 Å². The number of carbonyl (C=O) groups is 1. The van der Waals surface area contributed by atoms with Gasteiger partial charge in [-0.1, -0.05) is 29.8 Å². The van der Waals surface area contributed by atoms with E-state index in [1.54, 1.807) is 30.3 Å². The molecular weight excluding hydrogens is 295 g/mol. The third-order valence-electron chi connectivity index (χ3n) is 2.71. The van der Waals surface area contributed by atoms with Crippen molar-refractivity contribution in [3.8, 4) is 5.75 Å². The van der Waals surface area contributed by atoms with Crippen LogP contribution >= 0.6 is 11.6 Å². The van der Waals surface area contributed by atoms with E-state index in [0.717, 1.165) is 11.6 Å². The molecular formula is C16H12ClFO3. The normalized spacial score (nSPS) is 10.8. The zero-order valence-electron chi connectivity index (χ0n) is 10.9. The summed E-state index contributed by atoms with van der Waals surface area (Å²) in [6, 6.07) is 11.0. The average Bonchev–Trinajstić information content (AvgIpc) is 2.45. The van der Waals surface area contributed by atoms with Crippen molar-refractivity contribution in [3.63, 3.8) is 0 Å². The van der Waals surface area contributed by atoms with Gasteiger partial charge in [0, 0.05) is 11.6 Å². The molecule has 0 atom stereocenters. The Bertz CT molecular complexity index is 666. The van der Waals surface area contributed by atoms with Crippen molar-refractivity contribution in [2.24, 2.45) is 0 Å². The Morgan fingerprint density at radius 3 is 2.57 bits per heavy atom. The molecule has 0 aliphatic heterocycles. The molecule has 0 amide bonds. The third-order valence-corrected chi connectivity index (χ3v) is 3.06. The number of hydrogen-bond acceptors (Lipinski definition) is 2. The number of hydrogen-bond donors (Lipinski definition) is 1. The summed E-state index contributed by atoms with van der Waals surface area (Å²) in [7, 11) is 0. The van der Waals surface area contributed by atoms with Crippen molar-refractivity contribution in [1.82, 2.24) is 0 Å². The fourth-order valence-electron chi connectivity index (χ4n) is 1.64. The first-order valence-electron chi connectivity index (χ1n) is 6.12. The number of halogens is 2. The first-order valence-corrected chi connectivity index (χ1v) is 6.50. The number of benzene rings is 2. The molecule has 0 saturated heterocycles. The average molecular weight is 307 g/mol. The molecule has 0 bridgehead atoms. The van der Waals surface area contributed by atoms with Gasteiger partial charge in [-0.3, -0.25) is 0 Å². The van der Waals surface area contributed by atoms with Gasteiger partial charge in [0.25, 0.3) is 0 Å². The second-order valence-electron chi connectivity index (χ2n) is 4.27. The lowest BCUT2D eigenvalue weighted by molar-refractivity contribution is -0.131. The molecule has 0 fully saturated rings. The van der Waals surface area contributed by atoms with Crippen LogP contribution in [-0.4, -0.2) is 11.1 Å². The molecule has 2 aromatic rings. The minimum absolute atomic E-state index is 0.226. The molecule has 0 saturated carbocycles. The second-order valence-corrected chi connectivity index (χ2v) is 4.67. The summed E-state index contributed by atoms with van der Waals surface area (Å²) in [5.41, 5.74) is 1.44. The van der Waals surface area contributed by atoms with E-state index in [0.29, 0.717) is 16.3 Å². The largest absolute Gasteiger partial charge is 0.489 e. The number of carboxylic acids is 1. The molecule has 0 heterocycles. The number of carboxylic acid groups (broad SMARTS) is 1. The summed E-state index contributed by atoms with van der Waals surface area (Å²) >= 11 is 5.91. The van der Waals surface area contributed by atoms with Gasteiger partial charge in [0.2, 0.25) is 0 Å². The molecule has 21 heavy (non-hydrogen) atoms. The maximum Gasteiger partial charge on any atom is 0.328 e. The Kier molecular flexibility index (Phi) is 4.95. The fraction of sp³-hybridized carbons (Fsp3) is 0.0625. The predicted octanol–water partition coefficient (Wildman–Crippen LogP) is 4.16. The minimum Gasteiger partial charge on any atom is -0.489 e. The third kappa shape index (κ3) is 4.61. The molecule has 0 aliphatic rings. The molecule has 5 heteroatoms. The summed E-state index contributed by atoms with van der Waals surface area (Å²) in [6.45, 7) is 0.226. The lowest BCUT2D eigenvalue weighted by Crippen LogP contribution is -1.96. The molecule has 0 unspecified atom stereocenters. The highest BCUT2D eigenvalue weighted by Gasteiger charge is 2.03. The molecule has 0 spiro atoms. The van der Waals surface area contributed by atoms with Crippen LogP contribution in [0.5, 0.6) is 5.75 Å². The van der Waals surface area contributed by atoms with E-state index in [1.807, 2.05) is 0 Å². The molecule has 2 rings (SSSR count). The first kappa shape index (κ1) is 15.1. The lowest BCUT2D eigenvalue weighted by Gasteiger charge is -2.08. The van der Waals surface area contributed by atoms with Crippen molar-refractivity contribution in [2.75, 3.05) is 0 Å². The van der Waals surface area contributed by atoms with Crippen LogP contribution in [-0.2, 0) is 11.4 Å². The van der Waals surface area contributed by atoms with E-state index in [2.05, 4.69) is 0 Å². The number of rotatable bonds is 5. The Hall–Kier alpha value is -2.33. The van der Waals surface area contributed by atoms with Gasteiger partial charge in [0.05, 0.1) is 5.02 Å². The van der Waals surface area contributed by atoms with Crippen LogP contribution in [0.2, 0.25) is 5.02 Å². The quantitative estimate of drug-likeness (QED) is 0.844. The standard InChI is InChI=1S/C16H12ClFO3/c17-15-9-13(18)5-4-12(15)10-21-14-6-1-11(2-7-14)3-8-16(19)20/h1-9H,10H2,(H,19,20). The van der Waals surface area contributed by atoms with Crippen molar-refractivity contribution < 1.29 is 19.0 Å². The van der Waals surface area contributed by atoms with E-state index in [-0.39, 0.29) is 6.61 Å². The van der Waals surface area contributed by atoms with Gasteiger partial charge >= 0.3 is 5.97 Å². The highest BCUT2D eigenvalue weighted by Crippen LogP contribution is 2.20. The van der Waals surface area contributed by atoms with Gasteiger partial charge in [-0.2, -0.15) is 0 Å². The number of ether oxygens (including phenoxy) is 1. The maximum absolute atomic E-state index is 12.9. The van der Waals surface area contributed by atoms with Crippen molar-refractivity contribution in [3.05, 3.63) is 70.5 Å². The van der Waals surface area contributed by atoms with Gasteiger partial charge in [0.1, 0.15) is 18.2 Å². The summed E-state index contributed by atoms with van der Waals surface area (Å²) in [5, 5.41) is 8.85. The zero-order valence-corrected chi connectivity index (χ0v) is 11.7. The Morgan fingerprint density at radius 2 is 1.95 bits per heavy atom. The SMILES string of the molecule is O=C(O)C=Cc1ccc(OCc2ccc(F)cc2Cl)cc1. The van der Waals surface area contributed by atoms with E-state index in [1.165, 1.54) is 18.2 Å². The Morgan fingerprint density at radius 1 is 1.24 bits per heavy atom. The number of aliphatic carboxylic acids is 1. The van der Waals surface area contributed by atoms with Crippen LogP contribution in [0.1, 0.15) is 11.1 Å². The summed E-state index contributed by atoms with van der Waals surface area (Å²) < 4.78 is 18.5. The molecule has 0 radical (unpaired) electrons. The van der Waals surface area contributed by atoms with E-state index >= 15 is 0 Å². The van der Waals surface area contributed by atoms with Gasteiger partial charge in [-0.15, -0.1) is 0 Å². The van der Waals surface area contributed by atoms with Crippen LogP contribution in [0.15, 0.2) is 48.5 Å². The maximum atomic E-state index is 12.9. The summed E-state index contributed by atoms with van der Waals surface area (Å²) in [4.78, 5) is 10.4. The lowest BCUT2D eigenvalue weighted by atomic mass is 10.2. The van der Waals surface area contributed by atoms with Crippen LogP contribution in [0.25, 0.3) is 6.08 Å². The van der Waals surface area contributed by atoms with Crippen LogP contribution in [0.4, 0.5) is 4.39 Å². The molecule has 108 valence electrons. The highest BCUT2D eigenvalue weighted by atomic mass is 35.5. The predicted molar refractivity (Wildman–Crippen MR) is 78.9 cm³/mol. The second kappa shape index (κ2) is 6.90. The smallest absolute Gasteiger partial charge is 0.328 e. The Balaban J connectivity index is 1.99. The van der Waals surface area contributed by atoms with Crippen LogP contribution in [0, 0.1) is 5.82 Å². The van der Waals surface area contributed by atoms with Gasteiger partial charge in [0.15, 0.2) is 0 Å². The van der Waals surface area contributed by atoms with E-state index < -0.39 is 11.8 Å². The van der Waals surface area contributed by atoms with Crippen molar-refractivity contribution >= 4 is 23.6 Å². The fourth-order valence-corrected chi connectivity index (χ4v) is 1.86. The zero-order chi connectivity index (χ0) is 15.2. The van der Waals surface area contributed by atoms with E-state index in [4.69, 9.17) is 21.4 Å². The molecule has 1 N–H and O–H groups in total. The van der Waals surface area contributed by atoms with Crippen LogP contribution in [0.3, 0.4) is 0 Å². The minimum atomic E-state index is -0.999. The van der Waals surface area contributed by atoms with Crippen molar-refractivity contribution in [2.45, 2.75) is 6.61 Å². The molecule has 0 aliphatic carbocycles. The van der Waals surface area contributed by atoms with Crippen LogP contribution < -0.4 is 4.74 Å². The molecule has 3 nitrogen and oxygen atoms in total. The monoisotopic (exact) mass is 306 g/mol. The van der Waals surface area contributed by atoms with Gasteiger partial charge in [-0.05, 0) is 35.9 Å². The Labute approximate surface area is 126 Å². The molecule has 2 aromatic carbocycles. The summed E-state index contributed by atoms with van der Waals surface area (Å²) in [5.74, 6) is -0.775. The van der Waals surface area contributed by atoms with Gasteiger partial charge < -0.3 is 9.84 Å². The van der Waals surface area contributed by atoms with E-state index in [9.17, 15) is 9.18 Å². The van der Waals surface area contributed by atoms with Crippen molar-refractivity contribution in [1.29, 1.82) is 0 Å². The summed E-state index contributed by atoms with van der Waals surface area (Å²) in [6.07, 6.45) is 2.55. The highest BCUT2D eigenvalue weighted by molar-refractivity contribution is 6.31.